The normalized spacial score (nSPS) is 13.7. The van der Waals surface area contributed by atoms with Crippen molar-refractivity contribution in [1.29, 1.82) is 0 Å². The molecule has 176 valence electrons. The molecule has 3 heterocycles. The van der Waals surface area contributed by atoms with Crippen molar-refractivity contribution in [1.82, 2.24) is 20.4 Å². The van der Waals surface area contributed by atoms with Gasteiger partial charge in [-0.2, -0.15) is 5.10 Å². The van der Waals surface area contributed by atoms with Gasteiger partial charge in [0.25, 0.3) is 17.7 Å². The number of aromatic nitrogens is 2. The number of carbonyl (C=O) groups excluding carboxylic acids is 3. The van der Waals surface area contributed by atoms with Crippen LogP contribution in [-0.2, 0) is 6.42 Å². The number of hydrogen-bond acceptors (Lipinski definition) is 5. The van der Waals surface area contributed by atoms with Crippen molar-refractivity contribution >= 4 is 29.1 Å². The second-order valence-corrected chi connectivity index (χ2v) is 9.12. The molecule has 35 heavy (non-hydrogen) atoms. The number of aromatic amines is 1. The predicted octanol–water partition coefficient (Wildman–Crippen LogP) is 4.05. The van der Waals surface area contributed by atoms with Gasteiger partial charge < -0.3 is 5.32 Å². The molecule has 4 aromatic rings. The van der Waals surface area contributed by atoms with Crippen molar-refractivity contribution in [2.45, 2.75) is 12.5 Å². The van der Waals surface area contributed by atoms with Gasteiger partial charge in [0.05, 0.1) is 28.2 Å². The quantitative estimate of drug-likeness (QED) is 0.381. The van der Waals surface area contributed by atoms with Crippen LogP contribution >= 0.6 is 11.3 Å². The second kappa shape index (κ2) is 9.22. The van der Waals surface area contributed by atoms with Gasteiger partial charge in [0.15, 0.2) is 11.6 Å². The molecule has 0 bridgehead atoms. The number of benzene rings is 2. The van der Waals surface area contributed by atoms with Gasteiger partial charge in [-0.05, 0) is 48.4 Å². The number of imide groups is 1. The number of fused-ring (bicyclic) bond motifs is 1. The van der Waals surface area contributed by atoms with Crippen LogP contribution in [0, 0.1) is 11.6 Å². The first kappa shape index (κ1) is 22.6. The highest BCUT2D eigenvalue weighted by Crippen LogP contribution is 2.28. The summed E-state index contributed by atoms with van der Waals surface area (Å²) < 4.78 is 27.2. The fraction of sp³-hybridized carbons (Fsp3) is 0.120. The monoisotopic (exact) mass is 492 g/mol. The first-order chi connectivity index (χ1) is 16.9. The molecule has 0 saturated carbocycles. The summed E-state index contributed by atoms with van der Waals surface area (Å²) in [6.07, 6.45) is 3.43. The molecule has 0 unspecified atom stereocenters. The fourth-order valence-electron chi connectivity index (χ4n) is 3.99. The molecule has 3 amide bonds. The molecule has 5 rings (SSSR count). The van der Waals surface area contributed by atoms with E-state index in [1.165, 1.54) is 17.4 Å². The summed E-state index contributed by atoms with van der Waals surface area (Å²) in [6, 6.07) is 12.6. The zero-order valence-electron chi connectivity index (χ0n) is 18.1. The molecule has 1 aliphatic heterocycles. The number of nitrogens with one attached hydrogen (secondary N) is 2. The highest BCUT2D eigenvalue weighted by atomic mass is 32.1. The maximum Gasteiger partial charge on any atom is 0.261 e. The van der Waals surface area contributed by atoms with Crippen LogP contribution in [0.3, 0.4) is 0 Å². The van der Waals surface area contributed by atoms with Gasteiger partial charge >= 0.3 is 0 Å². The van der Waals surface area contributed by atoms with E-state index in [9.17, 15) is 23.2 Å². The van der Waals surface area contributed by atoms with Gasteiger partial charge in [0, 0.05) is 23.2 Å². The third-order valence-electron chi connectivity index (χ3n) is 5.70. The first-order valence-electron chi connectivity index (χ1n) is 10.7. The van der Waals surface area contributed by atoms with Crippen molar-refractivity contribution < 1.29 is 23.2 Å². The molecule has 2 aromatic carbocycles. The third-order valence-corrected chi connectivity index (χ3v) is 6.83. The number of nitrogens with zero attached hydrogens (tertiary/aromatic N) is 2. The number of hydrogen-bond donors (Lipinski definition) is 2. The van der Waals surface area contributed by atoms with Crippen LogP contribution in [0.2, 0.25) is 0 Å². The van der Waals surface area contributed by atoms with Gasteiger partial charge in [-0.25, -0.2) is 8.78 Å². The maximum absolute atomic E-state index is 13.8. The van der Waals surface area contributed by atoms with E-state index in [1.54, 1.807) is 48.8 Å². The van der Waals surface area contributed by atoms with Crippen LogP contribution in [-0.4, -0.2) is 45.4 Å². The summed E-state index contributed by atoms with van der Waals surface area (Å²) >= 11 is 1.26. The van der Waals surface area contributed by atoms with Crippen molar-refractivity contribution in [3.8, 4) is 10.4 Å². The van der Waals surface area contributed by atoms with Gasteiger partial charge in [-0.15, -0.1) is 11.3 Å². The number of amides is 3. The number of carbonyl (C=O) groups is 3. The Bertz CT molecular complexity index is 1400. The van der Waals surface area contributed by atoms with Crippen LogP contribution in [0.15, 0.2) is 67.0 Å². The molecule has 0 fully saturated rings. The van der Waals surface area contributed by atoms with Crippen molar-refractivity contribution in [2.24, 2.45) is 0 Å². The van der Waals surface area contributed by atoms with Gasteiger partial charge in [0.1, 0.15) is 0 Å². The smallest absolute Gasteiger partial charge is 0.261 e. The number of halogens is 2. The van der Waals surface area contributed by atoms with Crippen LogP contribution < -0.4 is 5.32 Å². The molecule has 2 aromatic heterocycles. The summed E-state index contributed by atoms with van der Waals surface area (Å²) in [7, 11) is 0. The van der Waals surface area contributed by atoms with Crippen LogP contribution in [0.5, 0.6) is 0 Å². The third kappa shape index (κ3) is 4.47. The Hall–Kier alpha value is -4.18. The molecule has 2 N–H and O–H groups in total. The Kier molecular flexibility index (Phi) is 5.96. The lowest BCUT2D eigenvalue weighted by Gasteiger charge is -2.24. The summed E-state index contributed by atoms with van der Waals surface area (Å²) in [5, 5.41) is 9.48. The Morgan fingerprint density at radius 3 is 2.43 bits per heavy atom. The fourth-order valence-corrected chi connectivity index (χ4v) is 4.89. The van der Waals surface area contributed by atoms with Crippen LogP contribution in [0.25, 0.3) is 10.4 Å². The molecule has 1 aliphatic rings. The van der Waals surface area contributed by atoms with Gasteiger partial charge in [-0.1, -0.05) is 18.2 Å². The lowest BCUT2D eigenvalue weighted by atomic mass is 10.0. The zero-order valence-corrected chi connectivity index (χ0v) is 18.9. The van der Waals surface area contributed by atoms with E-state index < -0.39 is 35.4 Å². The van der Waals surface area contributed by atoms with E-state index in [0.29, 0.717) is 21.6 Å². The van der Waals surface area contributed by atoms with Crippen LogP contribution in [0.4, 0.5) is 8.78 Å². The topological polar surface area (TPSA) is 95.2 Å². The molecule has 0 radical (unpaired) electrons. The number of H-pyrrole nitrogens is 1. The van der Waals surface area contributed by atoms with Crippen molar-refractivity contribution in [2.75, 3.05) is 6.54 Å². The Morgan fingerprint density at radius 1 is 1.03 bits per heavy atom. The number of thiophene rings is 1. The van der Waals surface area contributed by atoms with E-state index in [0.717, 1.165) is 27.5 Å². The van der Waals surface area contributed by atoms with E-state index in [1.807, 2.05) is 0 Å². The van der Waals surface area contributed by atoms with Crippen LogP contribution in [0.1, 0.15) is 36.0 Å². The van der Waals surface area contributed by atoms with E-state index in [-0.39, 0.29) is 13.0 Å². The van der Waals surface area contributed by atoms with Gasteiger partial charge in [0.2, 0.25) is 0 Å². The minimum Gasteiger partial charge on any atom is -0.346 e. The Labute approximate surface area is 202 Å². The minimum absolute atomic E-state index is 0.0797. The second-order valence-electron chi connectivity index (χ2n) is 8.04. The summed E-state index contributed by atoms with van der Waals surface area (Å²) in [4.78, 5) is 41.1. The molecule has 0 aliphatic carbocycles. The Balaban J connectivity index is 1.39. The molecule has 0 saturated heterocycles. The average Bonchev–Trinajstić information content (AvgIpc) is 3.59. The van der Waals surface area contributed by atoms with E-state index in [2.05, 4.69) is 15.5 Å². The Morgan fingerprint density at radius 2 is 1.77 bits per heavy atom. The zero-order chi connectivity index (χ0) is 24.5. The standard InChI is InChI=1S/C25H18F2N4O3S/c26-19-6-5-14(10-20(19)27)9-16(13-31-24(33)17-3-1-2-4-18(17)25(31)34)30-23(32)22-8-7-21(35-22)15-11-28-29-12-15/h1-8,10-12,16H,9,13H2,(H,28,29)(H,30,32)/t16-/m0/s1. The van der Waals surface area contributed by atoms with Gasteiger partial charge in [-0.3, -0.25) is 24.4 Å². The highest BCUT2D eigenvalue weighted by Gasteiger charge is 2.36. The lowest BCUT2D eigenvalue weighted by molar-refractivity contribution is 0.0629. The molecule has 0 spiro atoms. The molecule has 1 atom stereocenters. The highest BCUT2D eigenvalue weighted by molar-refractivity contribution is 7.17. The van der Waals surface area contributed by atoms with Crippen molar-refractivity contribution in [3.05, 3.63) is 100 Å². The molecular weight excluding hydrogens is 474 g/mol. The molecule has 10 heteroatoms. The number of rotatable bonds is 7. The average molecular weight is 493 g/mol. The summed E-state index contributed by atoms with van der Waals surface area (Å²) in [5.41, 5.74) is 1.83. The van der Waals surface area contributed by atoms with Crippen molar-refractivity contribution in [3.63, 3.8) is 0 Å². The summed E-state index contributed by atoms with van der Waals surface area (Å²) in [5.74, 6) is -3.34. The lowest BCUT2D eigenvalue weighted by Crippen LogP contribution is -2.46. The molecule has 7 nitrogen and oxygen atoms in total. The predicted molar refractivity (Wildman–Crippen MR) is 125 cm³/mol. The largest absolute Gasteiger partial charge is 0.346 e. The van der Waals surface area contributed by atoms with E-state index >= 15 is 0 Å². The van der Waals surface area contributed by atoms with E-state index in [4.69, 9.17) is 0 Å². The first-order valence-corrected chi connectivity index (χ1v) is 11.5. The molecular formula is C25H18F2N4O3S. The minimum atomic E-state index is -1.02. The maximum atomic E-state index is 13.8. The SMILES string of the molecule is O=C(N[C@@H](Cc1ccc(F)c(F)c1)CN1C(=O)c2ccccc2C1=O)c1ccc(-c2cn[nH]c2)s1. The summed E-state index contributed by atoms with van der Waals surface area (Å²) in [6.45, 7) is -0.128.